The van der Waals surface area contributed by atoms with E-state index in [1.807, 2.05) is 44.2 Å². The van der Waals surface area contributed by atoms with Crippen molar-refractivity contribution >= 4 is 17.3 Å². The predicted octanol–water partition coefficient (Wildman–Crippen LogP) is 5.21. The standard InChI is InChI=1S/C28H38N2O5/c1-3-33-26-20-25(30-14-16-32-17-15-30)27(34-4-2)19-24(26)29-28(31)13-12-21-8-7-11-23(18-21)35-22-9-5-6-10-22/h7-8,11,18-20,22H,3-6,9-10,12-17H2,1-2H3,(H,29,31). The number of benzene rings is 2. The van der Waals surface area contributed by atoms with Crippen LogP contribution in [0.3, 0.4) is 0 Å². The summed E-state index contributed by atoms with van der Waals surface area (Å²) in [5.41, 5.74) is 2.70. The first kappa shape index (κ1) is 25.2. The molecule has 2 aliphatic rings. The molecule has 1 heterocycles. The zero-order chi connectivity index (χ0) is 24.5. The Morgan fingerprint density at radius 3 is 2.51 bits per heavy atom. The molecule has 1 amide bonds. The van der Waals surface area contributed by atoms with E-state index in [-0.39, 0.29) is 5.91 Å². The van der Waals surface area contributed by atoms with E-state index in [0.717, 1.165) is 48.7 Å². The zero-order valence-corrected chi connectivity index (χ0v) is 21.0. The summed E-state index contributed by atoms with van der Waals surface area (Å²) < 4.78 is 23.5. The molecule has 1 saturated heterocycles. The highest BCUT2D eigenvalue weighted by atomic mass is 16.5. The molecule has 4 rings (SSSR count). The second-order valence-electron chi connectivity index (χ2n) is 9.00. The maximum absolute atomic E-state index is 12.9. The van der Waals surface area contributed by atoms with Crippen molar-refractivity contribution in [3.63, 3.8) is 0 Å². The van der Waals surface area contributed by atoms with E-state index in [9.17, 15) is 4.79 Å². The van der Waals surface area contributed by atoms with Crippen LogP contribution in [-0.4, -0.2) is 51.5 Å². The Morgan fingerprint density at radius 1 is 1.03 bits per heavy atom. The number of amides is 1. The molecule has 0 radical (unpaired) electrons. The van der Waals surface area contributed by atoms with E-state index >= 15 is 0 Å². The Balaban J connectivity index is 1.42. The number of hydrogen-bond acceptors (Lipinski definition) is 6. The fraction of sp³-hybridized carbons (Fsp3) is 0.536. The van der Waals surface area contributed by atoms with Gasteiger partial charge in [0, 0.05) is 31.6 Å². The second kappa shape index (κ2) is 12.7. The first-order chi connectivity index (χ1) is 17.2. The van der Waals surface area contributed by atoms with Crippen molar-refractivity contribution < 1.29 is 23.7 Å². The Bertz CT molecular complexity index is 968. The Hall–Kier alpha value is -2.93. The fourth-order valence-electron chi connectivity index (χ4n) is 4.69. The van der Waals surface area contributed by atoms with Gasteiger partial charge in [-0.25, -0.2) is 0 Å². The molecular weight excluding hydrogens is 444 g/mol. The lowest BCUT2D eigenvalue weighted by Crippen LogP contribution is -2.36. The molecule has 0 unspecified atom stereocenters. The van der Waals surface area contributed by atoms with Gasteiger partial charge >= 0.3 is 0 Å². The van der Waals surface area contributed by atoms with Crippen LogP contribution in [0, 0.1) is 0 Å². The molecule has 1 saturated carbocycles. The highest BCUT2D eigenvalue weighted by Crippen LogP contribution is 2.39. The first-order valence-corrected chi connectivity index (χ1v) is 13.0. The molecule has 35 heavy (non-hydrogen) atoms. The summed E-state index contributed by atoms with van der Waals surface area (Å²) in [7, 11) is 0. The number of nitrogens with zero attached hydrogens (tertiary/aromatic N) is 1. The Morgan fingerprint density at radius 2 is 1.77 bits per heavy atom. The molecule has 1 aliphatic carbocycles. The SMILES string of the molecule is CCOc1cc(N2CCOCC2)c(OCC)cc1NC(=O)CCc1cccc(OC2CCCC2)c1. The van der Waals surface area contributed by atoms with Crippen molar-refractivity contribution in [2.45, 2.75) is 58.5 Å². The van der Waals surface area contributed by atoms with Crippen LogP contribution in [-0.2, 0) is 16.0 Å². The Labute approximate surface area is 208 Å². The van der Waals surface area contributed by atoms with E-state index in [1.165, 1.54) is 12.8 Å². The highest BCUT2D eigenvalue weighted by Gasteiger charge is 2.21. The molecule has 2 fully saturated rings. The van der Waals surface area contributed by atoms with Gasteiger partial charge in [-0.05, 0) is 63.6 Å². The van der Waals surface area contributed by atoms with Crippen LogP contribution in [0.2, 0.25) is 0 Å². The van der Waals surface area contributed by atoms with Gasteiger partial charge < -0.3 is 29.2 Å². The number of anilines is 2. The molecule has 7 nitrogen and oxygen atoms in total. The van der Waals surface area contributed by atoms with Gasteiger partial charge in [0.05, 0.1) is 43.9 Å². The zero-order valence-electron chi connectivity index (χ0n) is 21.0. The summed E-state index contributed by atoms with van der Waals surface area (Å²) >= 11 is 0. The minimum Gasteiger partial charge on any atom is -0.492 e. The van der Waals surface area contributed by atoms with Crippen molar-refractivity contribution in [2.24, 2.45) is 0 Å². The molecular formula is C28H38N2O5. The van der Waals surface area contributed by atoms with Gasteiger partial charge in [0.1, 0.15) is 17.2 Å². The van der Waals surface area contributed by atoms with Crippen LogP contribution < -0.4 is 24.4 Å². The number of rotatable bonds is 11. The molecule has 2 aromatic rings. The van der Waals surface area contributed by atoms with Gasteiger partial charge in [-0.2, -0.15) is 0 Å². The molecule has 1 aliphatic heterocycles. The van der Waals surface area contributed by atoms with Crippen LogP contribution in [0.5, 0.6) is 17.2 Å². The smallest absolute Gasteiger partial charge is 0.224 e. The van der Waals surface area contributed by atoms with Crippen LogP contribution in [0.1, 0.15) is 51.5 Å². The van der Waals surface area contributed by atoms with Crippen molar-refractivity contribution in [3.8, 4) is 17.2 Å². The van der Waals surface area contributed by atoms with E-state index in [1.54, 1.807) is 0 Å². The van der Waals surface area contributed by atoms with Crippen LogP contribution in [0.25, 0.3) is 0 Å². The van der Waals surface area contributed by atoms with E-state index in [0.29, 0.717) is 56.8 Å². The maximum atomic E-state index is 12.9. The molecule has 7 heteroatoms. The number of carbonyl (C=O) groups is 1. The summed E-state index contributed by atoms with van der Waals surface area (Å²) in [6, 6.07) is 12.0. The summed E-state index contributed by atoms with van der Waals surface area (Å²) in [5.74, 6) is 2.23. The predicted molar refractivity (Wildman–Crippen MR) is 138 cm³/mol. The molecule has 0 aromatic heterocycles. The van der Waals surface area contributed by atoms with Crippen molar-refractivity contribution in [2.75, 3.05) is 49.7 Å². The van der Waals surface area contributed by atoms with Crippen LogP contribution in [0.15, 0.2) is 36.4 Å². The van der Waals surface area contributed by atoms with Crippen LogP contribution in [0.4, 0.5) is 11.4 Å². The van der Waals surface area contributed by atoms with Gasteiger partial charge in [-0.15, -0.1) is 0 Å². The first-order valence-electron chi connectivity index (χ1n) is 13.0. The summed E-state index contributed by atoms with van der Waals surface area (Å²) in [6.07, 6.45) is 6.08. The molecule has 0 spiro atoms. The lowest BCUT2D eigenvalue weighted by Gasteiger charge is -2.31. The average Bonchev–Trinajstić information content (AvgIpc) is 3.38. The Kier molecular flexibility index (Phi) is 9.12. The van der Waals surface area contributed by atoms with E-state index < -0.39 is 0 Å². The lowest BCUT2D eigenvalue weighted by molar-refractivity contribution is -0.116. The lowest BCUT2D eigenvalue weighted by atomic mass is 10.1. The number of nitrogens with one attached hydrogen (secondary N) is 1. The largest absolute Gasteiger partial charge is 0.492 e. The van der Waals surface area contributed by atoms with Gasteiger partial charge in [0.15, 0.2) is 0 Å². The fourth-order valence-corrected chi connectivity index (χ4v) is 4.69. The third-order valence-corrected chi connectivity index (χ3v) is 6.43. The third kappa shape index (κ3) is 7.04. The number of morpholine rings is 1. The summed E-state index contributed by atoms with van der Waals surface area (Å²) in [5, 5.41) is 3.05. The van der Waals surface area contributed by atoms with Gasteiger partial charge in [-0.3, -0.25) is 4.79 Å². The van der Waals surface area contributed by atoms with Crippen LogP contribution >= 0.6 is 0 Å². The van der Waals surface area contributed by atoms with Gasteiger partial charge in [0.2, 0.25) is 5.91 Å². The topological polar surface area (TPSA) is 69.3 Å². The molecule has 0 bridgehead atoms. The van der Waals surface area contributed by atoms with E-state index in [4.69, 9.17) is 18.9 Å². The van der Waals surface area contributed by atoms with Crippen molar-refractivity contribution in [3.05, 3.63) is 42.0 Å². The minimum atomic E-state index is -0.0605. The molecule has 190 valence electrons. The van der Waals surface area contributed by atoms with Crippen molar-refractivity contribution in [1.29, 1.82) is 0 Å². The molecule has 0 atom stereocenters. The number of ether oxygens (including phenoxy) is 4. The minimum absolute atomic E-state index is 0.0605. The quantitative estimate of drug-likeness (QED) is 0.474. The molecule has 1 N–H and O–H groups in total. The normalized spacial score (nSPS) is 16.2. The van der Waals surface area contributed by atoms with Crippen molar-refractivity contribution in [1.82, 2.24) is 0 Å². The maximum Gasteiger partial charge on any atom is 0.224 e. The number of aryl methyl sites for hydroxylation is 1. The number of hydrogen-bond donors (Lipinski definition) is 1. The highest BCUT2D eigenvalue weighted by molar-refractivity contribution is 5.93. The second-order valence-corrected chi connectivity index (χ2v) is 9.00. The summed E-state index contributed by atoms with van der Waals surface area (Å²) in [4.78, 5) is 15.1. The average molecular weight is 483 g/mol. The summed E-state index contributed by atoms with van der Waals surface area (Å²) in [6.45, 7) is 7.90. The third-order valence-electron chi connectivity index (χ3n) is 6.43. The monoisotopic (exact) mass is 482 g/mol. The van der Waals surface area contributed by atoms with E-state index in [2.05, 4.69) is 16.3 Å². The molecule has 2 aromatic carbocycles. The number of carbonyl (C=O) groups excluding carboxylic acids is 1. The van der Waals surface area contributed by atoms with Gasteiger partial charge in [-0.1, -0.05) is 12.1 Å². The van der Waals surface area contributed by atoms with Gasteiger partial charge in [0.25, 0.3) is 0 Å².